The van der Waals surface area contributed by atoms with Crippen LogP contribution >= 0.6 is 0 Å². The maximum absolute atomic E-state index is 11.8. The van der Waals surface area contributed by atoms with Crippen molar-refractivity contribution in [2.75, 3.05) is 13.7 Å². The number of hydrogen-bond donors (Lipinski definition) is 2. The molecule has 1 aromatic rings. The summed E-state index contributed by atoms with van der Waals surface area (Å²) in [6, 6.07) is 7.23. The van der Waals surface area contributed by atoms with Gasteiger partial charge in [-0.15, -0.1) is 0 Å². The Bertz CT molecular complexity index is 424. The second kappa shape index (κ2) is 7.29. The molecule has 0 aromatic heterocycles. The largest absolute Gasteiger partial charge is 0.497 e. The van der Waals surface area contributed by atoms with E-state index in [0.29, 0.717) is 12.3 Å². The van der Waals surface area contributed by atoms with Gasteiger partial charge in [-0.25, -0.2) is 0 Å². The molecule has 20 heavy (non-hydrogen) atoms. The van der Waals surface area contributed by atoms with Gasteiger partial charge in [0.05, 0.1) is 13.2 Å². The van der Waals surface area contributed by atoms with Crippen LogP contribution in [0.5, 0.6) is 5.75 Å². The summed E-state index contributed by atoms with van der Waals surface area (Å²) in [6.07, 6.45) is 4.73. The van der Waals surface area contributed by atoms with Gasteiger partial charge in [0.1, 0.15) is 5.75 Å². The summed E-state index contributed by atoms with van der Waals surface area (Å²) in [5.74, 6) is 1.34. The van der Waals surface area contributed by atoms with E-state index in [1.54, 1.807) is 19.2 Å². The Morgan fingerprint density at radius 2 is 2.00 bits per heavy atom. The van der Waals surface area contributed by atoms with Crippen molar-refractivity contribution in [1.82, 2.24) is 5.32 Å². The van der Waals surface area contributed by atoms with E-state index < -0.39 is 6.10 Å². The van der Waals surface area contributed by atoms with E-state index in [4.69, 9.17) is 4.74 Å². The number of aliphatic hydroxyl groups is 1. The van der Waals surface area contributed by atoms with Crippen LogP contribution < -0.4 is 10.1 Å². The minimum absolute atomic E-state index is 0.0458. The Labute approximate surface area is 120 Å². The highest BCUT2D eigenvalue weighted by Crippen LogP contribution is 2.27. The second-order valence-electron chi connectivity index (χ2n) is 5.45. The fourth-order valence-corrected chi connectivity index (χ4v) is 2.70. The molecule has 2 rings (SSSR count). The molecule has 0 spiro atoms. The third kappa shape index (κ3) is 4.23. The number of rotatable bonds is 6. The third-order valence-corrected chi connectivity index (χ3v) is 3.94. The normalized spacial score (nSPS) is 16.9. The van der Waals surface area contributed by atoms with Gasteiger partial charge < -0.3 is 15.2 Å². The van der Waals surface area contributed by atoms with Gasteiger partial charge in [-0.2, -0.15) is 0 Å². The highest BCUT2D eigenvalue weighted by Gasteiger charge is 2.18. The third-order valence-electron chi connectivity index (χ3n) is 3.94. The van der Waals surface area contributed by atoms with Gasteiger partial charge in [-0.05, 0) is 36.5 Å². The zero-order valence-electron chi connectivity index (χ0n) is 12.0. The molecule has 0 heterocycles. The molecule has 0 saturated heterocycles. The molecule has 0 bridgehead atoms. The lowest BCUT2D eigenvalue weighted by Crippen LogP contribution is -2.29. The first kappa shape index (κ1) is 14.9. The van der Waals surface area contributed by atoms with E-state index in [-0.39, 0.29) is 12.5 Å². The lowest BCUT2D eigenvalue weighted by molar-refractivity contribution is -0.122. The zero-order chi connectivity index (χ0) is 14.4. The lowest BCUT2D eigenvalue weighted by Gasteiger charge is -2.14. The minimum atomic E-state index is -0.673. The van der Waals surface area contributed by atoms with Crippen LogP contribution in [-0.2, 0) is 4.79 Å². The quantitative estimate of drug-likeness (QED) is 0.839. The number of methoxy groups -OCH3 is 1. The van der Waals surface area contributed by atoms with E-state index in [2.05, 4.69) is 5.32 Å². The van der Waals surface area contributed by atoms with Crippen molar-refractivity contribution >= 4 is 5.91 Å². The molecule has 1 aliphatic rings. The molecule has 2 N–H and O–H groups in total. The summed E-state index contributed by atoms with van der Waals surface area (Å²) < 4.78 is 5.07. The molecule has 1 saturated carbocycles. The van der Waals surface area contributed by atoms with Crippen LogP contribution in [-0.4, -0.2) is 24.7 Å². The molecule has 4 nitrogen and oxygen atoms in total. The smallest absolute Gasteiger partial charge is 0.220 e. The number of carbonyl (C=O) groups excluding carboxylic acids is 1. The summed E-state index contributed by atoms with van der Waals surface area (Å²) in [5, 5.41) is 12.9. The molecule has 1 unspecified atom stereocenters. The molecule has 1 atom stereocenters. The summed E-state index contributed by atoms with van der Waals surface area (Å²) in [4.78, 5) is 11.8. The van der Waals surface area contributed by atoms with Crippen LogP contribution in [0.15, 0.2) is 24.3 Å². The molecule has 1 aromatic carbocycles. The number of ether oxygens (including phenoxy) is 1. The highest BCUT2D eigenvalue weighted by atomic mass is 16.5. The fraction of sp³-hybridized carbons (Fsp3) is 0.562. The number of benzene rings is 1. The van der Waals surface area contributed by atoms with E-state index in [1.165, 1.54) is 12.8 Å². The fourth-order valence-electron chi connectivity index (χ4n) is 2.70. The summed E-state index contributed by atoms with van der Waals surface area (Å²) in [7, 11) is 1.61. The maximum atomic E-state index is 11.8. The summed E-state index contributed by atoms with van der Waals surface area (Å²) >= 11 is 0. The predicted octanol–water partition coefficient (Wildman–Crippen LogP) is 2.43. The van der Waals surface area contributed by atoms with Crippen molar-refractivity contribution in [3.8, 4) is 5.75 Å². The Morgan fingerprint density at radius 3 is 2.60 bits per heavy atom. The first-order chi connectivity index (χ1) is 9.69. The molecular weight excluding hydrogens is 254 g/mol. The lowest BCUT2D eigenvalue weighted by atomic mass is 10.0. The first-order valence-corrected chi connectivity index (χ1v) is 7.27. The Kier molecular flexibility index (Phi) is 5.41. The van der Waals surface area contributed by atoms with Gasteiger partial charge in [0.2, 0.25) is 5.91 Å². The van der Waals surface area contributed by atoms with Crippen molar-refractivity contribution in [2.45, 2.75) is 38.2 Å². The molecule has 1 aliphatic carbocycles. The van der Waals surface area contributed by atoms with E-state index in [9.17, 15) is 9.90 Å². The monoisotopic (exact) mass is 277 g/mol. The van der Waals surface area contributed by atoms with Crippen LogP contribution in [0.25, 0.3) is 0 Å². The SMILES string of the molecule is COc1ccc(C(O)CNC(=O)CC2CCCC2)cc1. The number of nitrogens with one attached hydrogen (secondary N) is 1. The Hall–Kier alpha value is -1.55. The van der Waals surface area contributed by atoms with E-state index >= 15 is 0 Å². The average Bonchev–Trinajstić information content (AvgIpc) is 2.97. The standard InChI is InChI=1S/C16H23NO3/c1-20-14-8-6-13(7-9-14)15(18)11-17-16(19)10-12-4-2-3-5-12/h6-9,12,15,18H,2-5,10-11H2,1H3,(H,17,19). The number of aliphatic hydroxyl groups excluding tert-OH is 1. The van der Waals surface area contributed by atoms with Gasteiger partial charge in [0.15, 0.2) is 0 Å². The number of amides is 1. The summed E-state index contributed by atoms with van der Waals surface area (Å²) in [5.41, 5.74) is 0.784. The Morgan fingerprint density at radius 1 is 1.35 bits per heavy atom. The van der Waals surface area contributed by atoms with Gasteiger partial charge in [0.25, 0.3) is 0 Å². The maximum Gasteiger partial charge on any atom is 0.220 e. The van der Waals surface area contributed by atoms with Crippen molar-refractivity contribution in [3.05, 3.63) is 29.8 Å². The second-order valence-corrected chi connectivity index (χ2v) is 5.45. The van der Waals surface area contributed by atoms with Gasteiger partial charge in [-0.1, -0.05) is 25.0 Å². The van der Waals surface area contributed by atoms with Gasteiger partial charge >= 0.3 is 0 Å². The predicted molar refractivity (Wildman–Crippen MR) is 77.5 cm³/mol. The molecule has 0 radical (unpaired) electrons. The van der Waals surface area contributed by atoms with Crippen molar-refractivity contribution in [3.63, 3.8) is 0 Å². The van der Waals surface area contributed by atoms with E-state index in [1.807, 2.05) is 12.1 Å². The topological polar surface area (TPSA) is 58.6 Å². The van der Waals surface area contributed by atoms with Crippen LogP contribution in [0.1, 0.15) is 43.8 Å². The molecule has 1 fully saturated rings. The van der Waals surface area contributed by atoms with Crippen LogP contribution in [0, 0.1) is 5.92 Å². The minimum Gasteiger partial charge on any atom is -0.497 e. The average molecular weight is 277 g/mol. The van der Waals surface area contributed by atoms with Crippen molar-refractivity contribution < 1.29 is 14.6 Å². The van der Waals surface area contributed by atoms with Gasteiger partial charge in [-0.3, -0.25) is 4.79 Å². The van der Waals surface area contributed by atoms with Gasteiger partial charge in [0, 0.05) is 13.0 Å². The number of hydrogen-bond acceptors (Lipinski definition) is 3. The molecule has 110 valence electrons. The number of carbonyl (C=O) groups is 1. The molecule has 4 heteroatoms. The van der Waals surface area contributed by atoms with Crippen molar-refractivity contribution in [1.29, 1.82) is 0 Å². The molecule has 0 aliphatic heterocycles. The van der Waals surface area contributed by atoms with Crippen molar-refractivity contribution in [2.24, 2.45) is 5.92 Å². The van der Waals surface area contributed by atoms with Crippen LogP contribution in [0.4, 0.5) is 0 Å². The van der Waals surface area contributed by atoms with Crippen LogP contribution in [0.2, 0.25) is 0 Å². The molecular formula is C16H23NO3. The highest BCUT2D eigenvalue weighted by molar-refractivity contribution is 5.76. The zero-order valence-corrected chi connectivity index (χ0v) is 12.0. The Balaban J connectivity index is 1.75. The van der Waals surface area contributed by atoms with Crippen LogP contribution in [0.3, 0.4) is 0 Å². The molecule has 1 amide bonds. The first-order valence-electron chi connectivity index (χ1n) is 7.27. The van der Waals surface area contributed by atoms with E-state index in [0.717, 1.165) is 24.2 Å². The summed E-state index contributed by atoms with van der Waals surface area (Å²) in [6.45, 7) is 0.262.